The number of nitrogens with one attached hydrogen (secondary N) is 1. The van der Waals surface area contributed by atoms with Crippen LogP contribution in [0.25, 0.3) is 0 Å². The fourth-order valence-corrected chi connectivity index (χ4v) is 2.00. The lowest BCUT2D eigenvalue weighted by atomic mass is 9.83. The van der Waals surface area contributed by atoms with Gasteiger partial charge in [0.25, 0.3) is 5.91 Å². The SMILES string of the molecule is CC(C)(C)C1=CCN(C(=O)c2cn[nH]n2)CC1. The van der Waals surface area contributed by atoms with Crippen LogP contribution < -0.4 is 0 Å². The minimum Gasteiger partial charge on any atom is -0.333 e. The highest BCUT2D eigenvalue weighted by molar-refractivity contribution is 5.92. The van der Waals surface area contributed by atoms with Gasteiger partial charge >= 0.3 is 0 Å². The van der Waals surface area contributed by atoms with Gasteiger partial charge in [0.05, 0.1) is 6.20 Å². The Hall–Kier alpha value is -1.65. The normalized spacial score (nSPS) is 16.9. The molecule has 17 heavy (non-hydrogen) atoms. The van der Waals surface area contributed by atoms with Crippen LogP contribution in [0.2, 0.25) is 0 Å². The number of aromatic nitrogens is 3. The van der Waals surface area contributed by atoms with Crippen LogP contribution in [-0.2, 0) is 0 Å². The van der Waals surface area contributed by atoms with E-state index in [1.54, 1.807) is 4.90 Å². The second kappa shape index (κ2) is 4.31. The van der Waals surface area contributed by atoms with Crippen molar-refractivity contribution in [3.05, 3.63) is 23.5 Å². The summed E-state index contributed by atoms with van der Waals surface area (Å²) in [7, 11) is 0. The number of hydrogen-bond donors (Lipinski definition) is 1. The molecule has 1 aromatic rings. The van der Waals surface area contributed by atoms with Gasteiger partial charge in [-0.2, -0.15) is 15.4 Å². The molecule has 0 saturated heterocycles. The first-order valence-electron chi connectivity index (χ1n) is 5.83. The molecule has 0 spiro atoms. The summed E-state index contributed by atoms with van der Waals surface area (Å²) in [5, 5.41) is 9.92. The van der Waals surface area contributed by atoms with Crippen LogP contribution in [0.4, 0.5) is 0 Å². The summed E-state index contributed by atoms with van der Waals surface area (Å²) in [6.45, 7) is 8.03. The lowest BCUT2D eigenvalue weighted by Crippen LogP contribution is -2.36. The van der Waals surface area contributed by atoms with E-state index in [1.165, 1.54) is 11.8 Å². The molecular formula is C12H18N4O. The van der Waals surface area contributed by atoms with Crippen molar-refractivity contribution in [2.75, 3.05) is 13.1 Å². The molecule has 1 aromatic heterocycles. The third kappa shape index (κ3) is 2.54. The molecule has 1 amide bonds. The van der Waals surface area contributed by atoms with Gasteiger partial charge in [0.1, 0.15) is 0 Å². The van der Waals surface area contributed by atoms with Crippen molar-refractivity contribution in [3.63, 3.8) is 0 Å². The van der Waals surface area contributed by atoms with E-state index in [-0.39, 0.29) is 11.3 Å². The Morgan fingerprint density at radius 1 is 1.47 bits per heavy atom. The highest BCUT2D eigenvalue weighted by Crippen LogP contribution is 2.30. The fraction of sp³-hybridized carbons (Fsp3) is 0.583. The van der Waals surface area contributed by atoms with E-state index >= 15 is 0 Å². The Balaban J connectivity index is 2.05. The Bertz CT molecular complexity index is 428. The first kappa shape index (κ1) is 11.8. The van der Waals surface area contributed by atoms with Gasteiger partial charge in [0.15, 0.2) is 5.69 Å². The maximum atomic E-state index is 12.0. The first-order valence-corrected chi connectivity index (χ1v) is 5.83. The van der Waals surface area contributed by atoms with Crippen LogP contribution >= 0.6 is 0 Å². The van der Waals surface area contributed by atoms with E-state index in [9.17, 15) is 4.79 Å². The zero-order valence-electron chi connectivity index (χ0n) is 10.5. The van der Waals surface area contributed by atoms with Crippen molar-refractivity contribution in [1.29, 1.82) is 0 Å². The van der Waals surface area contributed by atoms with Crippen LogP contribution in [0, 0.1) is 5.41 Å². The highest BCUT2D eigenvalue weighted by Gasteiger charge is 2.24. The molecule has 0 unspecified atom stereocenters. The quantitative estimate of drug-likeness (QED) is 0.751. The lowest BCUT2D eigenvalue weighted by Gasteiger charge is -2.31. The maximum Gasteiger partial charge on any atom is 0.276 e. The molecule has 0 fully saturated rings. The molecule has 1 aliphatic rings. The molecule has 0 aliphatic carbocycles. The lowest BCUT2D eigenvalue weighted by molar-refractivity contribution is 0.0759. The molecule has 2 rings (SSSR count). The smallest absolute Gasteiger partial charge is 0.276 e. The van der Waals surface area contributed by atoms with Gasteiger partial charge < -0.3 is 4.90 Å². The van der Waals surface area contributed by atoms with E-state index in [4.69, 9.17) is 0 Å². The largest absolute Gasteiger partial charge is 0.333 e. The second-order valence-electron chi connectivity index (χ2n) is 5.34. The van der Waals surface area contributed by atoms with E-state index in [0.717, 1.165) is 13.0 Å². The third-order valence-electron chi connectivity index (χ3n) is 3.09. The number of amides is 1. The van der Waals surface area contributed by atoms with Crippen LogP contribution in [0.15, 0.2) is 17.8 Å². The summed E-state index contributed by atoms with van der Waals surface area (Å²) in [5.41, 5.74) is 2.00. The summed E-state index contributed by atoms with van der Waals surface area (Å²) < 4.78 is 0. The van der Waals surface area contributed by atoms with Gasteiger partial charge in [-0.1, -0.05) is 32.4 Å². The van der Waals surface area contributed by atoms with Gasteiger partial charge in [-0.25, -0.2) is 0 Å². The Kier molecular flexibility index (Phi) is 3.00. The second-order valence-corrected chi connectivity index (χ2v) is 5.34. The number of carbonyl (C=O) groups is 1. The first-order chi connectivity index (χ1) is 7.98. The molecule has 92 valence electrons. The summed E-state index contributed by atoms with van der Waals surface area (Å²) >= 11 is 0. The van der Waals surface area contributed by atoms with Crippen molar-refractivity contribution in [2.24, 2.45) is 5.41 Å². The molecule has 0 bridgehead atoms. The molecule has 5 nitrogen and oxygen atoms in total. The monoisotopic (exact) mass is 234 g/mol. The summed E-state index contributed by atoms with van der Waals surface area (Å²) in [5.74, 6) is -0.0528. The van der Waals surface area contributed by atoms with Crippen LogP contribution in [0.5, 0.6) is 0 Å². The number of rotatable bonds is 1. The van der Waals surface area contributed by atoms with Crippen molar-refractivity contribution in [2.45, 2.75) is 27.2 Å². The molecular weight excluding hydrogens is 216 g/mol. The molecule has 5 heteroatoms. The Morgan fingerprint density at radius 2 is 2.24 bits per heavy atom. The molecule has 0 radical (unpaired) electrons. The van der Waals surface area contributed by atoms with E-state index in [0.29, 0.717) is 12.2 Å². The predicted octanol–water partition coefficient (Wildman–Crippen LogP) is 1.62. The van der Waals surface area contributed by atoms with Crippen molar-refractivity contribution in [1.82, 2.24) is 20.3 Å². The van der Waals surface area contributed by atoms with Gasteiger partial charge in [0, 0.05) is 13.1 Å². The number of carbonyl (C=O) groups excluding carboxylic acids is 1. The molecule has 0 atom stereocenters. The maximum absolute atomic E-state index is 12.0. The summed E-state index contributed by atoms with van der Waals surface area (Å²) in [4.78, 5) is 13.8. The minimum atomic E-state index is -0.0528. The van der Waals surface area contributed by atoms with Crippen LogP contribution in [0.3, 0.4) is 0 Å². The van der Waals surface area contributed by atoms with Crippen LogP contribution in [-0.4, -0.2) is 39.3 Å². The molecule has 0 aromatic carbocycles. The molecule has 2 heterocycles. The van der Waals surface area contributed by atoms with Gasteiger partial charge in [-0.3, -0.25) is 4.79 Å². The minimum absolute atomic E-state index is 0.0528. The van der Waals surface area contributed by atoms with Gasteiger partial charge in [-0.15, -0.1) is 0 Å². The summed E-state index contributed by atoms with van der Waals surface area (Å²) in [6.07, 6.45) is 4.56. The zero-order valence-corrected chi connectivity index (χ0v) is 10.5. The predicted molar refractivity (Wildman–Crippen MR) is 64.4 cm³/mol. The number of aromatic amines is 1. The molecule has 1 aliphatic heterocycles. The Morgan fingerprint density at radius 3 is 2.71 bits per heavy atom. The van der Waals surface area contributed by atoms with Gasteiger partial charge in [0.2, 0.25) is 0 Å². The van der Waals surface area contributed by atoms with E-state index in [2.05, 4.69) is 42.3 Å². The average Bonchev–Trinajstić information content (AvgIpc) is 2.80. The third-order valence-corrected chi connectivity index (χ3v) is 3.09. The zero-order chi connectivity index (χ0) is 12.5. The highest BCUT2D eigenvalue weighted by atomic mass is 16.2. The topological polar surface area (TPSA) is 61.9 Å². The number of H-pyrrole nitrogens is 1. The average molecular weight is 234 g/mol. The van der Waals surface area contributed by atoms with E-state index < -0.39 is 0 Å². The molecule has 1 N–H and O–H groups in total. The fourth-order valence-electron chi connectivity index (χ4n) is 2.00. The number of nitrogens with zero attached hydrogens (tertiary/aromatic N) is 3. The number of hydrogen-bond acceptors (Lipinski definition) is 3. The molecule has 0 saturated carbocycles. The standard InChI is InChI=1S/C12H18N4O/c1-12(2,3)9-4-6-16(7-5-9)11(17)10-8-13-15-14-10/h4,8H,5-7H2,1-3H3,(H,13,14,15). The van der Waals surface area contributed by atoms with E-state index in [1.807, 2.05) is 0 Å². The van der Waals surface area contributed by atoms with Crippen molar-refractivity contribution >= 4 is 5.91 Å². The Labute approximate surface area is 101 Å². The van der Waals surface area contributed by atoms with Crippen molar-refractivity contribution < 1.29 is 4.79 Å². The van der Waals surface area contributed by atoms with Crippen LogP contribution in [0.1, 0.15) is 37.7 Å². The summed E-state index contributed by atoms with van der Waals surface area (Å²) in [6, 6.07) is 0. The van der Waals surface area contributed by atoms with Crippen molar-refractivity contribution in [3.8, 4) is 0 Å². The van der Waals surface area contributed by atoms with Gasteiger partial charge in [-0.05, 0) is 11.8 Å².